The van der Waals surface area contributed by atoms with Crippen LogP contribution in [0.4, 0.5) is 14.9 Å². The van der Waals surface area contributed by atoms with Gasteiger partial charge in [0.05, 0.1) is 19.8 Å². The van der Waals surface area contributed by atoms with Gasteiger partial charge in [0.25, 0.3) is 0 Å². The molecule has 1 aliphatic rings. The highest BCUT2D eigenvalue weighted by atomic mass is 19.1. The standard InChI is InChI=1S/C32H35FN2O5/c1-32(2,3)40-31(37)35-18-16-34(17-19-35)28-14-10-22(25-8-6-7-9-30(25)39-5)20-23(28)11-15-29(36)26-13-12-24(38-4)21-27(26)33/h6-15,20-21H,16-19H2,1-5H3/b15-11+. The van der Waals surface area contributed by atoms with Crippen molar-refractivity contribution in [1.82, 2.24) is 4.90 Å². The summed E-state index contributed by atoms with van der Waals surface area (Å²) < 4.78 is 30.7. The molecule has 0 saturated carbocycles. The van der Waals surface area contributed by atoms with Gasteiger partial charge in [0, 0.05) is 43.5 Å². The number of halogens is 1. The zero-order valence-electron chi connectivity index (χ0n) is 23.6. The summed E-state index contributed by atoms with van der Waals surface area (Å²) in [5, 5.41) is 0. The average Bonchev–Trinajstić information content (AvgIpc) is 2.94. The van der Waals surface area contributed by atoms with Crippen molar-refractivity contribution in [3.8, 4) is 22.6 Å². The fourth-order valence-corrected chi connectivity index (χ4v) is 4.56. The van der Waals surface area contributed by atoms with Crippen LogP contribution < -0.4 is 14.4 Å². The van der Waals surface area contributed by atoms with E-state index in [1.54, 1.807) is 24.2 Å². The molecule has 7 nitrogen and oxygen atoms in total. The van der Waals surface area contributed by atoms with Gasteiger partial charge in [-0.05, 0) is 74.4 Å². The second kappa shape index (κ2) is 12.2. The van der Waals surface area contributed by atoms with Gasteiger partial charge < -0.3 is 24.0 Å². The van der Waals surface area contributed by atoms with Crippen LogP contribution in [0.5, 0.6) is 11.5 Å². The molecule has 1 aliphatic heterocycles. The Hall–Kier alpha value is -4.33. The zero-order valence-corrected chi connectivity index (χ0v) is 23.6. The second-order valence-electron chi connectivity index (χ2n) is 10.5. The number of carbonyl (C=O) groups is 2. The summed E-state index contributed by atoms with van der Waals surface area (Å²) in [6.45, 7) is 7.74. The summed E-state index contributed by atoms with van der Waals surface area (Å²) in [5.74, 6) is -0.0262. The molecule has 8 heteroatoms. The Morgan fingerprint density at radius 1 is 0.900 bits per heavy atom. The normalized spacial score (nSPS) is 13.8. The number of amides is 1. The minimum atomic E-state index is -0.643. The van der Waals surface area contributed by atoms with Gasteiger partial charge in [-0.25, -0.2) is 9.18 Å². The molecule has 1 saturated heterocycles. The number of carbonyl (C=O) groups excluding carboxylic acids is 2. The molecule has 0 radical (unpaired) electrons. The van der Waals surface area contributed by atoms with Crippen molar-refractivity contribution in [2.24, 2.45) is 0 Å². The molecular weight excluding hydrogens is 511 g/mol. The molecule has 0 atom stereocenters. The van der Waals surface area contributed by atoms with Crippen LogP contribution in [0.2, 0.25) is 0 Å². The van der Waals surface area contributed by atoms with Crippen molar-refractivity contribution in [3.63, 3.8) is 0 Å². The van der Waals surface area contributed by atoms with Gasteiger partial charge in [0.15, 0.2) is 5.78 Å². The molecule has 210 valence electrons. The SMILES string of the molecule is COc1ccc(C(=O)/C=C/c2cc(-c3ccccc3OC)ccc2N2CCN(C(=O)OC(C)(C)C)CC2)c(F)c1. The first-order chi connectivity index (χ1) is 19.1. The third kappa shape index (κ3) is 6.81. The molecule has 1 amide bonds. The predicted molar refractivity (Wildman–Crippen MR) is 155 cm³/mol. The number of benzene rings is 3. The molecule has 0 N–H and O–H groups in total. The molecule has 0 unspecified atom stereocenters. The second-order valence-corrected chi connectivity index (χ2v) is 10.5. The Labute approximate surface area is 234 Å². The van der Waals surface area contributed by atoms with E-state index in [0.29, 0.717) is 31.9 Å². The van der Waals surface area contributed by atoms with Gasteiger partial charge in [-0.3, -0.25) is 4.79 Å². The molecule has 0 aromatic heterocycles. The number of nitrogens with zero attached hydrogens (tertiary/aromatic N) is 2. The number of allylic oxidation sites excluding steroid dienone is 1. The van der Waals surface area contributed by atoms with Crippen LogP contribution in [-0.2, 0) is 4.74 Å². The van der Waals surface area contributed by atoms with Crippen LogP contribution in [0.1, 0.15) is 36.7 Å². The maximum atomic E-state index is 14.6. The van der Waals surface area contributed by atoms with Crippen LogP contribution in [0.3, 0.4) is 0 Å². The fraction of sp³-hybridized carbons (Fsp3) is 0.312. The Balaban J connectivity index is 1.64. The van der Waals surface area contributed by atoms with Crippen LogP contribution >= 0.6 is 0 Å². The van der Waals surface area contributed by atoms with Gasteiger partial charge >= 0.3 is 6.09 Å². The molecule has 0 bridgehead atoms. The van der Waals surface area contributed by atoms with Crippen molar-refractivity contribution in [2.45, 2.75) is 26.4 Å². The van der Waals surface area contributed by atoms with E-state index in [2.05, 4.69) is 4.90 Å². The highest BCUT2D eigenvalue weighted by molar-refractivity contribution is 6.07. The molecule has 1 heterocycles. The number of piperazine rings is 1. The summed E-state index contributed by atoms with van der Waals surface area (Å²) >= 11 is 0. The van der Waals surface area contributed by atoms with E-state index in [1.807, 2.05) is 63.2 Å². The minimum absolute atomic E-state index is 0.0366. The first kappa shape index (κ1) is 28.7. The summed E-state index contributed by atoms with van der Waals surface area (Å²) in [6, 6.07) is 17.9. The van der Waals surface area contributed by atoms with Gasteiger partial charge in [-0.15, -0.1) is 0 Å². The number of hydrogen-bond acceptors (Lipinski definition) is 6. The lowest BCUT2D eigenvalue weighted by Crippen LogP contribution is -2.50. The number of hydrogen-bond donors (Lipinski definition) is 0. The van der Waals surface area contributed by atoms with E-state index in [4.69, 9.17) is 14.2 Å². The first-order valence-electron chi connectivity index (χ1n) is 13.2. The maximum Gasteiger partial charge on any atom is 0.410 e. The van der Waals surface area contributed by atoms with Crippen molar-refractivity contribution < 1.29 is 28.2 Å². The van der Waals surface area contributed by atoms with Crippen LogP contribution in [0.25, 0.3) is 17.2 Å². The van der Waals surface area contributed by atoms with E-state index < -0.39 is 17.2 Å². The van der Waals surface area contributed by atoms with E-state index in [1.165, 1.54) is 25.3 Å². The third-order valence-electron chi connectivity index (χ3n) is 6.57. The number of ether oxygens (including phenoxy) is 3. The van der Waals surface area contributed by atoms with Gasteiger partial charge in [0.2, 0.25) is 0 Å². The van der Waals surface area contributed by atoms with Crippen molar-refractivity contribution in [2.75, 3.05) is 45.3 Å². The van der Waals surface area contributed by atoms with E-state index >= 15 is 0 Å². The Morgan fingerprint density at radius 3 is 2.27 bits per heavy atom. The van der Waals surface area contributed by atoms with Crippen molar-refractivity contribution in [1.29, 1.82) is 0 Å². The number of methoxy groups -OCH3 is 2. The summed E-state index contributed by atoms with van der Waals surface area (Å²) in [5.41, 5.74) is 2.92. The van der Waals surface area contributed by atoms with Crippen LogP contribution in [0.15, 0.2) is 66.7 Å². The lowest BCUT2D eigenvalue weighted by molar-refractivity contribution is 0.0240. The topological polar surface area (TPSA) is 68.3 Å². The molecule has 40 heavy (non-hydrogen) atoms. The first-order valence-corrected chi connectivity index (χ1v) is 13.2. The summed E-state index contributed by atoms with van der Waals surface area (Å²) in [6.07, 6.45) is 2.76. The van der Waals surface area contributed by atoms with Gasteiger partial charge in [-0.2, -0.15) is 0 Å². The summed E-state index contributed by atoms with van der Waals surface area (Å²) in [7, 11) is 3.07. The lowest BCUT2D eigenvalue weighted by Gasteiger charge is -2.37. The maximum absolute atomic E-state index is 14.6. The minimum Gasteiger partial charge on any atom is -0.497 e. The molecule has 4 rings (SSSR count). The van der Waals surface area contributed by atoms with Crippen molar-refractivity contribution >= 4 is 23.6 Å². The largest absolute Gasteiger partial charge is 0.497 e. The quantitative estimate of drug-likeness (QED) is 0.250. The smallest absolute Gasteiger partial charge is 0.410 e. The van der Waals surface area contributed by atoms with Gasteiger partial charge in [0.1, 0.15) is 22.9 Å². The number of rotatable bonds is 7. The molecule has 3 aromatic carbocycles. The van der Waals surface area contributed by atoms with E-state index in [9.17, 15) is 14.0 Å². The van der Waals surface area contributed by atoms with Crippen molar-refractivity contribution in [3.05, 3.63) is 83.7 Å². The fourth-order valence-electron chi connectivity index (χ4n) is 4.56. The van der Waals surface area contributed by atoms with E-state index in [0.717, 1.165) is 28.1 Å². The predicted octanol–water partition coefficient (Wildman–Crippen LogP) is 6.46. The molecule has 0 spiro atoms. The molecular formula is C32H35FN2O5. The average molecular weight is 547 g/mol. The van der Waals surface area contributed by atoms with Gasteiger partial charge in [-0.1, -0.05) is 24.3 Å². The molecule has 0 aliphatic carbocycles. The Kier molecular flexibility index (Phi) is 8.77. The van der Waals surface area contributed by atoms with Crippen LogP contribution in [-0.4, -0.2) is 62.8 Å². The zero-order chi connectivity index (χ0) is 28.9. The lowest BCUT2D eigenvalue weighted by atomic mass is 9.99. The monoisotopic (exact) mass is 546 g/mol. The number of ketones is 1. The van der Waals surface area contributed by atoms with E-state index in [-0.39, 0.29) is 11.7 Å². The molecule has 3 aromatic rings. The molecule has 1 fully saturated rings. The summed E-state index contributed by atoms with van der Waals surface area (Å²) in [4.78, 5) is 29.4. The number of para-hydroxylation sites is 1. The third-order valence-corrected chi connectivity index (χ3v) is 6.57. The Morgan fingerprint density at radius 2 is 1.62 bits per heavy atom. The highest BCUT2D eigenvalue weighted by Crippen LogP contribution is 2.34. The highest BCUT2D eigenvalue weighted by Gasteiger charge is 2.26. The Bertz CT molecular complexity index is 1400. The van der Waals surface area contributed by atoms with Crippen LogP contribution in [0, 0.1) is 5.82 Å². The number of anilines is 1.